The molecule has 0 fully saturated rings. The Kier molecular flexibility index (Phi) is 4.68. The van der Waals surface area contributed by atoms with Crippen molar-refractivity contribution in [3.63, 3.8) is 0 Å². The summed E-state index contributed by atoms with van der Waals surface area (Å²) in [6.07, 6.45) is 4.87. The molecule has 0 saturated heterocycles. The molecule has 6 heteroatoms. The lowest BCUT2D eigenvalue weighted by Gasteiger charge is -2.05. The average Bonchev–Trinajstić information content (AvgIpc) is 3.15. The fourth-order valence-electron chi connectivity index (χ4n) is 2.91. The van der Waals surface area contributed by atoms with Crippen molar-refractivity contribution in [1.29, 1.82) is 0 Å². The highest BCUT2D eigenvalue weighted by atomic mass is 19.1. The third-order valence-electron chi connectivity index (χ3n) is 4.28. The van der Waals surface area contributed by atoms with Gasteiger partial charge in [0.25, 0.3) is 5.91 Å². The summed E-state index contributed by atoms with van der Waals surface area (Å²) in [5.74, 6) is -0.610. The number of carbonyl (C=O) groups excluding carboxylic acids is 1. The lowest BCUT2D eigenvalue weighted by atomic mass is 10.1. The maximum absolute atomic E-state index is 13.3. The van der Waals surface area contributed by atoms with E-state index in [1.54, 1.807) is 47.5 Å². The molecule has 28 heavy (non-hydrogen) atoms. The summed E-state index contributed by atoms with van der Waals surface area (Å²) in [5.41, 5.74) is 4.18. The van der Waals surface area contributed by atoms with Crippen molar-refractivity contribution in [2.75, 3.05) is 5.32 Å². The molecule has 138 valence electrons. The third-order valence-corrected chi connectivity index (χ3v) is 4.28. The van der Waals surface area contributed by atoms with Crippen molar-refractivity contribution < 1.29 is 9.18 Å². The lowest BCUT2D eigenvalue weighted by molar-refractivity contribution is 0.102. The quantitative estimate of drug-likeness (QED) is 0.568. The van der Waals surface area contributed by atoms with Gasteiger partial charge in [0, 0.05) is 29.8 Å². The molecule has 4 rings (SSSR count). The number of benzene rings is 2. The second kappa shape index (κ2) is 7.44. The van der Waals surface area contributed by atoms with E-state index in [1.165, 1.54) is 12.1 Å². The highest BCUT2D eigenvalue weighted by molar-refractivity contribution is 6.08. The van der Waals surface area contributed by atoms with Crippen molar-refractivity contribution >= 4 is 11.6 Å². The van der Waals surface area contributed by atoms with E-state index in [0.29, 0.717) is 22.6 Å². The molecule has 2 aromatic carbocycles. The number of pyridine rings is 1. The Morgan fingerprint density at radius 1 is 1.04 bits per heavy atom. The summed E-state index contributed by atoms with van der Waals surface area (Å²) >= 11 is 0. The number of carbonyl (C=O) groups is 1. The Labute approximate surface area is 161 Å². The summed E-state index contributed by atoms with van der Waals surface area (Å²) in [5, 5.41) is 7.47. The molecule has 0 radical (unpaired) electrons. The standard InChI is InChI=1S/C22H17FN4O/c1-15-3-2-4-16(13-15)21-20(22(28)25-18-9-11-24-12-10-18)14-27(26-21)19-7-5-17(23)6-8-19/h2-14H,1H3,(H,24,25,28). The molecule has 0 aliphatic heterocycles. The Balaban J connectivity index is 1.78. The number of anilines is 1. The molecular weight excluding hydrogens is 355 g/mol. The van der Waals surface area contributed by atoms with Crippen molar-refractivity contribution in [3.8, 4) is 16.9 Å². The zero-order valence-electron chi connectivity index (χ0n) is 15.1. The van der Waals surface area contributed by atoms with Gasteiger partial charge < -0.3 is 5.32 Å². The summed E-state index contributed by atoms with van der Waals surface area (Å²) in [6, 6.07) is 17.2. The van der Waals surface area contributed by atoms with Gasteiger partial charge in [-0.3, -0.25) is 9.78 Å². The van der Waals surface area contributed by atoms with Crippen molar-refractivity contribution in [1.82, 2.24) is 14.8 Å². The molecule has 0 spiro atoms. The van der Waals surface area contributed by atoms with Gasteiger partial charge in [-0.25, -0.2) is 9.07 Å². The lowest BCUT2D eigenvalue weighted by Crippen LogP contribution is -2.12. The van der Waals surface area contributed by atoms with E-state index in [-0.39, 0.29) is 11.7 Å². The van der Waals surface area contributed by atoms with Crippen LogP contribution in [0.4, 0.5) is 10.1 Å². The summed E-state index contributed by atoms with van der Waals surface area (Å²) < 4.78 is 14.8. The van der Waals surface area contributed by atoms with E-state index in [0.717, 1.165) is 11.1 Å². The van der Waals surface area contributed by atoms with Crippen LogP contribution in [0.25, 0.3) is 16.9 Å². The van der Waals surface area contributed by atoms with Crippen LogP contribution in [0.5, 0.6) is 0 Å². The Bertz CT molecular complexity index is 1120. The smallest absolute Gasteiger partial charge is 0.259 e. The van der Waals surface area contributed by atoms with E-state index >= 15 is 0 Å². The number of hydrogen-bond donors (Lipinski definition) is 1. The molecule has 0 saturated carbocycles. The summed E-state index contributed by atoms with van der Waals surface area (Å²) in [7, 11) is 0. The first-order chi connectivity index (χ1) is 13.6. The first-order valence-corrected chi connectivity index (χ1v) is 8.74. The zero-order chi connectivity index (χ0) is 19.5. The molecule has 4 aromatic rings. The fourth-order valence-corrected chi connectivity index (χ4v) is 2.91. The maximum atomic E-state index is 13.3. The van der Waals surface area contributed by atoms with Crippen molar-refractivity contribution in [3.05, 3.63) is 96.2 Å². The fraction of sp³-hybridized carbons (Fsp3) is 0.0455. The monoisotopic (exact) mass is 372 g/mol. The minimum atomic E-state index is -0.328. The number of hydrogen-bond acceptors (Lipinski definition) is 3. The van der Waals surface area contributed by atoms with E-state index in [1.807, 2.05) is 31.2 Å². The molecule has 1 N–H and O–H groups in total. The Hall–Kier alpha value is -3.80. The number of aryl methyl sites for hydroxylation is 1. The predicted octanol–water partition coefficient (Wildman–Crippen LogP) is 4.63. The van der Waals surface area contributed by atoms with Crippen LogP contribution >= 0.6 is 0 Å². The highest BCUT2D eigenvalue weighted by Crippen LogP contribution is 2.25. The molecular formula is C22H17FN4O. The molecule has 5 nitrogen and oxygen atoms in total. The van der Waals surface area contributed by atoms with Gasteiger partial charge in [-0.15, -0.1) is 0 Å². The topological polar surface area (TPSA) is 59.8 Å². The SMILES string of the molecule is Cc1cccc(-c2nn(-c3ccc(F)cc3)cc2C(=O)Nc2ccncc2)c1. The average molecular weight is 372 g/mol. The number of nitrogens with one attached hydrogen (secondary N) is 1. The molecule has 0 unspecified atom stereocenters. The molecule has 0 atom stereocenters. The highest BCUT2D eigenvalue weighted by Gasteiger charge is 2.19. The number of nitrogens with zero attached hydrogens (tertiary/aromatic N) is 3. The maximum Gasteiger partial charge on any atom is 0.259 e. The minimum absolute atomic E-state index is 0.281. The van der Waals surface area contributed by atoms with Crippen LogP contribution in [0.1, 0.15) is 15.9 Å². The number of amides is 1. The van der Waals surface area contributed by atoms with Crippen LogP contribution < -0.4 is 5.32 Å². The third kappa shape index (κ3) is 3.66. The van der Waals surface area contributed by atoms with Gasteiger partial charge >= 0.3 is 0 Å². The van der Waals surface area contributed by atoms with Gasteiger partial charge in [0.15, 0.2) is 0 Å². The number of aromatic nitrogens is 3. The van der Waals surface area contributed by atoms with Gasteiger partial charge in [-0.2, -0.15) is 5.10 Å². The first kappa shape index (κ1) is 17.6. The number of halogens is 1. The van der Waals surface area contributed by atoms with Gasteiger partial charge in [0.05, 0.1) is 11.3 Å². The summed E-state index contributed by atoms with van der Waals surface area (Å²) in [6.45, 7) is 1.98. The van der Waals surface area contributed by atoms with E-state index in [2.05, 4.69) is 15.4 Å². The van der Waals surface area contributed by atoms with Gasteiger partial charge in [-0.05, 0) is 49.4 Å². The van der Waals surface area contributed by atoms with Crippen LogP contribution in [0.15, 0.2) is 79.3 Å². The van der Waals surface area contributed by atoms with Crippen LogP contribution in [-0.4, -0.2) is 20.7 Å². The van der Waals surface area contributed by atoms with E-state index in [4.69, 9.17) is 0 Å². The molecule has 2 heterocycles. The minimum Gasteiger partial charge on any atom is -0.322 e. The second-order valence-corrected chi connectivity index (χ2v) is 6.37. The molecule has 1 amide bonds. The molecule has 0 aliphatic rings. The predicted molar refractivity (Wildman–Crippen MR) is 106 cm³/mol. The Morgan fingerprint density at radius 3 is 2.50 bits per heavy atom. The normalized spacial score (nSPS) is 10.6. The van der Waals surface area contributed by atoms with Gasteiger partial charge in [0.1, 0.15) is 11.5 Å². The van der Waals surface area contributed by atoms with Crippen molar-refractivity contribution in [2.24, 2.45) is 0 Å². The molecule has 0 aliphatic carbocycles. The van der Waals surface area contributed by atoms with Crippen LogP contribution in [0.3, 0.4) is 0 Å². The van der Waals surface area contributed by atoms with E-state index < -0.39 is 0 Å². The zero-order valence-corrected chi connectivity index (χ0v) is 15.1. The molecule has 0 bridgehead atoms. The Morgan fingerprint density at radius 2 is 1.79 bits per heavy atom. The largest absolute Gasteiger partial charge is 0.322 e. The van der Waals surface area contributed by atoms with E-state index in [9.17, 15) is 9.18 Å². The summed E-state index contributed by atoms with van der Waals surface area (Å²) in [4.78, 5) is 16.9. The second-order valence-electron chi connectivity index (χ2n) is 6.37. The van der Waals surface area contributed by atoms with Gasteiger partial charge in [-0.1, -0.05) is 23.8 Å². The number of rotatable bonds is 4. The van der Waals surface area contributed by atoms with Crippen molar-refractivity contribution in [2.45, 2.75) is 6.92 Å². The van der Waals surface area contributed by atoms with Crippen LogP contribution in [-0.2, 0) is 0 Å². The molecule has 2 aromatic heterocycles. The van der Waals surface area contributed by atoms with Crippen LogP contribution in [0, 0.1) is 12.7 Å². The van der Waals surface area contributed by atoms with Gasteiger partial charge in [0.2, 0.25) is 0 Å². The van der Waals surface area contributed by atoms with Crippen LogP contribution in [0.2, 0.25) is 0 Å². The first-order valence-electron chi connectivity index (χ1n) is 8.74.